The van der Waals surface area contributed by atoms with E-state index in [1.807, 2.05) is 18.2 Å². The monoisotopic (exact) mass is 225 g/mol. The number of hydrogen-bond donors (Lipinski definition) is 2. The summed E-state index contributed by atoms with van der Waals surface area (Å²) in [6, 6.07) is 5.49. The van der Waals surface area contributed by atoms with Crippen LogP contribution in [0.2, 0.25) is 0 Å². The molecule has 0 aromatic heterocycles. The Kier molecular flexibility index (Phi) is 2.73. The van der Waals surface area contributed by atoms with E-state index in [2.05, 4.69) is 12.6 Å². The predicted molar refractivity (Wildman–Crippen MR) is 58.1 cm³/mol. The Bertz CT molecular complexity index is 394. The number of primary amides is 1. The zero-order chi connectivity index (χ0) is 10.8. The Balaban J connectivity index is 2.19. The Hall–Kier alpha value is -1.36. The van der Waals surface area contributed by atoms with Gasteiger partial charge in [0.1, 0.15) is 0 Å². The lowest BCUT2D eigenvalue weighted by Gasteiger charge is -2.09. The van der Waals surface area contributed by atoms with E-state index >= 15 is 0 Å². The van der Waals surface area contributed by atoms with Crippen molar-refractivity contribution >= 4 is 18.5 Å². The number of nitrogens with two attached hydrogens (primary N) is 1. The smallest absolute Gasteiger partial charge is 0.231 e. The lowest BCUT2D eigenvalue weighted by Crippen LogP contribution is -2.12. The van der Waals surface area contributed by atoms with E-state index in [1.165, 1.54) is 0 Å². The molecule has 1 aromatic carbocycles. The molecule has 2 N–H and O–H groups in total. The Morgan fingerprint density at radius 1 is 1.47 bits per heavy atom. The molecule has 2 rings (SSSR count). The predicted octanol–water partition coefficient (Wildman–Crippen LogP) is 1.26. The summed E-state index contributed by atoms with van der Waals surface area (Å²) < 4.78 is 10.4. The highest BCUT2D eigenvalue weighted by Crippen LogP contribution is 2.36. The van der Waals surface area contributed by atoms with Crippen LogP contribution in [-0.4, -0.2) is 12.7 Å². The normalized spacial score (nSPS) is 15.0. The number of carbonyl (C=O) groups excluding carboxylic acids is 1. The molecule has 0 radical (unpaired) electrons. The second kappa shape index (κ2) is 4.02. The van der Waals surface area contributed by atoms with Crippen LogP contribution in [0, 0.1) is 0 Å². The molecule has 0 bridgehead atoms. The molecule has 0 spiro atoms. The summed E-state index contributed by atoms with van der Waals surface area (Å²) in [7, 11) is 0. The van der Waals surface area contributed by atoms with Gasteiger partial charge >= 0.3 is 0 Å². The van der Waals surface area contributed by atoms with Gasteiger partial charge in [-0.1, -0.05) is 6.07 Å². The third kappa shape index (κ3) is 2.18. The lowest BCUT2D eigenvalue weighted by molar-refractivity contribution is -0.118. The second-order valence-corrected chi connectivity index (χ2v) is 3.92. The molecule has 1 aliphatic rings. The zero-order valence-corrected chi connectivity index (χ0v) is 8.87. The number of rotatable bonds is 3. The highest BCUT2D eigenvalue weighted by Gasteiger charge is 2.16. The van der Waals surface area contributed by atoms with Crippen LogP contribution in [0.4, 0.5) is 0 Å². The van der Waals surface area contributed by atoms with Crippen LogP contribution < -0.4 is 15.2 Å². The first-order valence-electron chi connectivity index (χ1n) is 4.53. The number of hydrogen-bond acceptors (Lipinski definition) is 4. The number of fused-ring (bicyclic) bond motifs is 1. The minimum Gasteiger partial charge on any atom is -0.454 e. The van der Waals surface area contributed by atoms with Gasteiger partial charge in [0.05, 0.1) is 0 Å². The average Bonchev–Trinajstić information content (AvgIpc) is 2.62. The first-order valence-corrected chi connectivity index (χ1v) is 5.04. The van der Waals surface area contributed by atoms with Crippen molar-refractivity contribution < 1.29 is 14.3 Å². The number of thiol groups is 1. The first-order chi connectivity index (χ1) is 7.16. The third-order valence-electron chi connectivity index (χ3n) is 2.18. The molecule has 1 aliphatic heterocycles. The molecule has 0 fully saturated rings. The van der Waals surface area contributed by atoms with E-state index in [4.69, 9.17) is 15.2 Å². The number of carbonyl (C=O) groups is 1. The van der Waals surface area contributed by atoms with Crippen molar-refractivity contribution in [2.24, 2.45) is 5.73 Å². The standard InChI is InChI=1S/C10H11NO3S/c11-10(12)4-9(15)6-1-2-7-8(3-6)14-5-13-7/h1-3,9,15H,4-5H2,(H2,11,12). The van der Waals surface area contributed by atoms with Gasteiger partial charge in [-0.15, -0.1) is 0 Å². The molecular weight excluding hydrogens is 214 g/mol. The fraction of sp³-hybridized carbons (Fsp3) is 0.300. The average molecular weight is 225 g/mol. The third-order valence-corrected chi connectivity index (χ3v) is 2.66. The fourth-order valence-corrected chi connectivity index (χ4v) is 1.77. The van der Waals surface area contributed by atoms with Crippen LogP contribution in [0.3, 0.4) is 0 Å². The van der Waals surface area contributed by atoms with E-state index in [1.54, 1.807) is 0 Å². The van der Waals surface area contributed by atoms with Crippen molar-refractivity contribution in [3.05, 3.63) is 23.8 Å². The molecule has 4 nitrogen and oxygen atoms in total. The van der Waals surface area contributed by atoms with Gasteiger partial charge in [-0.25, -0.2) is 0 Å². The quantitative estimate of drug-likeness (QED) is 0.761. The fourth-order valence-electron chi connectivity index (χ4n) is 1.43. The number of benzene rings is 1. The summed E-state index contributed by atoms with van der Waals surface area (Å²) >= 11 is 4.30. The number of ether oxygens (including phenoxy) is 2. The molecule has 0 aliphatic carbocycles. The maximum atomic E-state index is 10.7. The van der Waals surface area contributed by atoms with Crippen LogP contribution >= 0.6 is 12.6 Å². The zero-order valence-electron chi connectivity index (χ0n) is 7.97. The molecule has 80 valence electrons. The van der Waals surface area contributed by atoms with Crippen molar-refractivity contribution in [2.75, 3.05) is 6.79 Å². The molecule has 5 heteroatoms. The molecule has 1 aromatic rings. The molecule has 0 saturated carbocycles. The first kappa shape index (κ1) is 10.2. The van der Waals surface area contributed by atoms with E-state index in [0.717, 1.165) is 11.3 Å². The molecule has 0 saturated heterocycles. The van der Waals surface area contributed by atoms with E-state index in [0.29, 0.717) is 5.75 Å². The maximum absolute atomic E-state index is 10.7. The van der Waals surface area contributed by atoms with Crippen LogP contribution in [0.5, 0.6) is 11.5 Å². The van der Waals surface area contributed by atoms with Gasteiger partial charge in [0, 0.05) is 11.7 Å². The summed E-state index contributed by atoms with van der Waals surface area (Å²) in [6.07, 6.45) is 0.211. The van der Waals surface area contributed by atoms with Crippen LogP contribution in [-0.2, 0) is 4.79 Å². The van der Waals surface area contributed by atoms with Gasteiger partial charge in [0.15, 0.2) is 11.5 Å². The van der Waals surface area contributed by atoms with Crippen molar-refractivity contribution in [3.8, 4) is 11.5 Å². The van der Waals surface area contributed by atoms with E-state index in [-0.39, 0.29) is 24.4 Å². The van der Waals surface area contributed by atoms with Gasteiger partial charge in [-0.2, -0.15) is 12.6 Å². The Labute approximate surface area is 92.8 Å². The molecule has 1 unspecified atom stereocenters. The summed E-state index contributed by atoms with van der Waals surface area (Å²) in [4.78, 5) is 10.7. The topological polar surface area (TPSA) is 61.6 Å². The van der Waals surface area contributed by atoms with Gasteiger partial charge in [0.25, 0.3) is 0 Å². The van der Waals surface area contributed by atoms with Gasteiger partial charge in [-0.05, 0) is 17.7 Å². The summed E-state index contributed by atoms with van der Waals surface area (Å²) in [5, 5.41) is -0.197. The van der Waals surface area contributed by atoms with Gasteiger partial charge in [-0.3, -0.25) is 4.79 Å². The highest BCUT2D eigenvalue weighted by molar-refractivity contribution is 7.80. The largest absolute Gasteiger partial charge is 0.454 e. The van der Waals surface area contributed by atoms with Crippen LogP contribution in [0.25, 0.3) is 0 Å². The summed E-state index contributed by atoms with van der Waals surface area (Å²) in [5.41, 5.74) is 6.00. The van der Waals surface area contributed by atoms with E-state index in [9.17, 15) is 4.79 Å². The van der Waals surface area contributed by atoms with Crippen molar-refractivity contribution in [2.45, 2.75) is 11.7 Å². The Morgan fingerprint density at radius 3 is 2.93 bits per heavy atom. The summed E-state index contributed by atoms with van der Waals surface area (Å²) in [6.45, 7) is 0.242. The molecule has 15 heavy (non-hydrogen) atoms. The van der Waals surface area contributed by atoms with Gasteiger partial charge < -0.3 is 15.2 Å². The minimum absolute atomic E-state index is 0.197. The van der Waals surface area contributed by atoms with Crippen LogP contribution in [0.1, 0.15) is 17.2 Å². The second-order valence-electron chi connectivity index (χ2n) is 3.30. The highest BCUT2D eigenvalue weighted by atomic mass is 32.1. The maximum Gasteiger partial charge on any atom is 0.231 e. The van der Waals surface area contributed by atoms with Crippen molar-refractivity contribution in [1.82, 2.24) is 0 Å². The van der Waals surface area contributed by atoms with Crippen molar-refractivity contribution in [1.29, 1.82) is 0 Å². The molecule has 1 atom stereocenters. The summed E-state index contributed by atoms with van der Waals surface area (Å²) in [5.74, 6) is 1.04. The molecule has 1 heterocycles. The lowest BCUT2D eigenvalue weighted by atomic mass is 10.1. The number of amides is 1. The van der Waals surface area contributed by atoms with E-state index < -0.39 is 0 Å². The SMILES string of the molecule is NC(=O)CC(S)c1ccc2c(c1)OCO2. The minimum atomic E-state index is -0.368. The van der Waals surface area contributed by atoms with Crippen LogP contribution in [0.15, 0.2) is 18.2 Å². The molecular formula is C10H11NO3S. The van der Waals surface area contributed by atoms with Gasteiger partial charge in [0.2, 0.25) is 12.7 Å². The Morgan fingerprint density at radius 2 is 2.20 bits per heavy atom. The molecule has 1 amide bonds. The van der Waals surface area contributed by atoms with Crippen molar-refractivity contribution in [3.63, 3.8) is 0 Å².